The highest BCUT2D eigenvalue weighted by molar-refractivity contribution is 7.80. The van der Waals surface area contributed by atoms with Crippen LogP contribution in [0.1, 0.15) is 18.5 Å². The molecule has 0 aliphatic carbocycles. The van der Waals surface area contributed by atoms with Crippen molar-refractivity contribution in [3.8, 4) is 6.07 Å². The Kier molecular flexibility index (Phi) is 4.91. The number of hydrogen-bond acceptors (Lipinski definition) is 4. The van der Waals surface area contributed by atoms with Gasteiger partial charge in [0.25, 0.3) is 6.02 Å². The minimum absolute atomic E-state index is 0.00873. The average molecular weight is 288 g/mol. The van der Waals surface area contributed by atoms with Gasteiger partial charge in [-0.2, -0.15) is 5.26 Å². The van der Waals surface area contributed by atoms with E-state index in [0.29, 0.717) is 24.3 Å². The molecule has 1 heterocycles. The van der Waals surface area contributed by atoms with E-state index < -0.39 is 0 Å². The quantitative estimate of drug-likeness (QED) is 0.679. The van der Waals surface area contributed by atoms with Crippen LogP contribution in [0, 0.1) is 11.3 Å². The van der Waals surface area contributed by atoms with E-state index in [1.807, 2.05) is 43.3 Å². The molecule has 6 heteroatoms. The number of nitrogens with one attached hydrogen (secondary N) is 1. The molecule has 104 valence electrons. The van der Waals surface area contributed by atoms with Gasteiger partial charge in [0, 0.05) is 0 Å². The number of nitrogens with zero attached hydrogens (tertiary/aromatic N) is 3. The number of nitriles is 1. The van der Waals surface area contributed by atoms with E-state index in [4.69, 9.17) is 22.2 Å². The molecule has 1 saturated heterocycles. The molecule has 0 amide bonds. The number of hydrogen-bond donors (Lipinski definition) is 1. The molecule has 0 spiro atoms. The Morgan fingerprint density at radius 3 is 3.00 bits per heavy atom. The minimum Gasteiger partial charge on any atom is -0.463 e. The summed E-state index contributed by atoms with van der Waals surface area (Å²) in [6, 6.07) is 12.5. The number of thiocarbonyl (C=S) groups is 1. The average Bonchev–Trinajstić information content (AvgIpc) is 2.94. The lowest BCUT2D eigenvalue weighted by Gasteiger charge is -2.18. The lowest BCUT2D eigenvalue weighted by atomic mass is 10.1. The summed E-state index contributed by atoms with van der Waals surface area (Å²) in [5, 5.41) is 11.9. The molecule has 20 heavy (non-hydrogen) atoms. The number of rotatable bonds is 3. The van der Waals surface area contributed by atoms with Gasteiger partial charge in [0.15, 0.2) is 5.11 Å². The molecule has 1 aromatic carbocycles. The van der Waals surface area contributed by atoms with E-state index in [2.05, 4.69) is 10.3 Å². The molecular formula is C14H16N4OS. The second kappa shape index (κ2) is 6.87. The van der Waals surface area contributed by atoms with Crippen molar-refractivity contribution in [1.29, 1.82) is 5.26 Å². The summed E-state index contributed by atoms with van der Waals surface area (Å²) in [5.41, 5.74) is 1.12. The predicted octanol–water partition coefficient (Wildman–Crippen LogP) is 1.83. The zero-order valence-electron chi connectivity index (χ0n) is 11.2. The molecule has 0 saturated carbocycles. The molecule has 0 bridgehead atoms. The van der Waals surface area contributed by atoms with E-state index >= 15 is 0 Å². The third-order valence-corrected chi connectivity index (χ3v) is 3.29. The zero-order chi connectivity index (χ0) is 14.4. The van der Waals surface area contributed by atoms with Gasteiger partial charge in [0.05, 0.1) is 18.7 Å². The van der Waals surface area contributed by atoms with Crippen molar-refractivity contribution in [3.63, 3.8) is 0 Å². The molecule has 0 unspecified atom stereocenters. The number of amidine groups is 1. The number of aliphatic imine (C=N–C) groups is 1. The van der Waals surface area contributed by atoms with Gasteiger partial charge in [-0.3, -0.25) is 4.90 Å². The molecule has 1 N–H and O–H groups in total. The summed E-state index contributed by atoms with van der Waals surface area (Å²) in [4.78, 5) is 6.35. The van der Waals surface area contributed by atoms with Crippen LogP contribution in [0.15, 0.2) is 35.3 Å². The van der Waals surface area contributed by atoms with E-state index in [0.717, 1.165) is 5.56 Å². The maximum absolute atomic E-state index is 8.57. The number of ether oxygens (including phenoxy) is 1. The summed E-state index contributed by atoms with van der Waals surface area (Å²) >= 11 is 5.23. The Morgan fingerprint density at radius 1 is 1.55 bits per heavy atom. The SMILES string of the molecule is C[C@H](N=C1OCCN1C(=S)NCC#N)c1ccccc1. The van der Waals surface area contributed by atoms with Crippen molar-refractivity contribution >= 4 is 23.4 Å². The smallest absolute Gasteiger partial charge is 0.294 e. The molecule has 5 nitrogen and oxygen atoms in total. The van der Waals surface area contributed by atoms with Crippen LogP contribution in [0.2, 0.25) is 0 Å². The van der Waals surface area contributed by atoms with Crippen molar-refractivity contribution in [2.45, 2.75) is 13.0 Å². The van der Waals surface area contributed by atoms with E-state index in [1.54, 1.807) is 4.90 Å². The first kappa shape index (κ1) is 14.3. The van der Waals surface area contributed by atoms with Gasteiger partial charge in [-0.25, -0.2) is 4.99 Å². The Bertz CT molecular complexity index is 538. The Labute approximate surface area is 123 Å². The molecule has 2 rings (SSSR count). The van der Waals surface area contributed by atoms with Gasteiger partial charge >= 0.3 is 0 Å². The Hall–Kier alpha value is -2.13. The highest BCUT2D eigenvalue weighted by Gasteiger charge is 2.24. The van der Waals surface area contributed by atoms with E-state index in [1.165, 1.54) is 0 Å². The van der Waals surface area contributed by atoms with Crippen LogP contribution in [0.4, 0.5) is 0 Å². The summed E-state index contributed by atoms with van der Waals surface area (Å²) < 4.78 is 5.52. The maximum atomic E-state index is 8.57. The normalized spacial score (nSPS) is 17.4. The standard InChI is InChI=1S/C14H16N4OS/c1-11(12-5-3-2-4-6-12)17-13-18(9-10-19-13)14(20)16-8-7-15/h2-6,11H,8-10H2,1H3,(H,16,20)/t11-/m0/s1. The first-order valence-corrected chi connectivity index (χ1v) is 6.81. The van der Waals surface area contributed by atoms with Crippen LogP contribution in [0.25, 0.3) is 0 Å². The fraction of sp³-hybridized carbons (Fsp3) is 0.357. The summed E-state index contributed by atoms with van der Waals surface area (Å²) in [5.74, 6) is 0. The molecule has 0 aromatic heterocycles. The number of benzene rings is 1. The van der Waals surface area contributed by atoms with Crippen LogP contribution in [0.3, 0.4) is 0 Å². The second-order valence-electron chi connectivity index (χ2n) is 4.32. The first-order valence-electron chi connectivity index (χ1n) is 6.40. The van der Waals surface area contributed by atoms with Gasteiger partial charge in [-0.05, 0) is 24.7 Å². The van der Waals surface area contributed by atoms with Gasteiger partial charge in [-0.1, -0.05) is 30.3 Å². The fourth-order valence-electron chi connectivity index (χ4n) is 1.88. The highest BCUT2D eigenvalue weighted by atomic mass is 32.1. The predicted molar refractivity (Wildman–Crippen MR) is 81.2 cm³/mol. The van der Waals surface area contributed by atoms with Crippen LogP contribution >= 0.6 is 12.2 Å². The lowest BCUT2D eigenvalue weighted by Crippen LogP contribution is -2.41. The topological polar surface area (TPSA) is 60.6 Å². The maximum Gasteiger partial charge on any atom is 0.294 e. The minimum atomic E-state index is -0.00873. The largest absolute Gasteiger partial charge is 0.463 e. The van der Waals surface area contributed by atoms with Crippen molar-refractivity contribution in [2.24, 2.45) is 4.99 Å². The van der Waals surface area contributed by atoms with Crippen LogP contribution in [-0.4, -0.2) is 35.7 Å². The van der Waals surface area contributed by atoms with Crippen LogP contribution in [0.5, 0.6) is 0 Å². The van der Waals surface area contributed by atoms with Crippen LogP contribution in [-0.2, 0) is 4.74 Å². The van der Waals surface area contributed by atoms with Crippen molar-refractivity contribution in [3.05, 3.63) is 35.9 Å². The van der Waals surface area contributed by atoms with Gasteiger partial charge in [0.1, 0.15) is 13.2 Å². The van der Waals surface area contributed by atoms with Crippen molar-refractivity contribution in [1.82, 2.24) is 10.2 Å². The molecule has 1 aliphatic heterocycles. The molecule has 1 fully saturated rings. The van der Waals surface area contributed by atoms with Gasteiger partial charge in [0.2, 0.25) is 0 Å². The zero-order valence-corrected chi connectivity index (χ0v) is 12.1. The van der Waals surface area contributed by atoms with E-state index in [9.17, 15) is 0 Å². The fourth-order valence-corrected chi connectivity index (χ4v) is 2.12. The monoisotopic (exact) mass is 288 g/mol. The van der Waals surface area contributed by atoms with E-state index in [-0.39, 0.29) is 12.6 Å². The second-order valence-corrected chi connectivity index (χ2v) is 4.70. The molecule has 1 aliphatic rings. The summed E-state index contributed by atoms with van der Waals surface area (Å²) in [6.45, 7) is 3.39. The van der Waals surface area contributed by atoms with Crippen molar-refractivity contribution in [2.75, 3.05) is 19.7 Å². The molecule has 1 atom stereocenters. The summed E-state index contributed by atoms with van der Waals surface area (Å²) in [7, 11) is 0. The third kappa shape index (κ3) is 3.45. The Morgan fingerprint density at radius 2 is 2.30 bits per heavy atom. The molecular weight excluding hydrogens is 272 g/mol. The third-order valence-electron chi connectivity index (χ3n) is 2.93. The Balaban J connectivity index is 2.08. The molecule has 0 radical (unpaired) electrons. The van der Waals surface area contributed by atoms with Crippen LogP contribution < -0.4 is 5.32 Å². The van der Waals surface area contributed by atoms with Gasteiger partial charge < -0.3 is 10.1 Å². The summed E-state index contributed by atoms with van der Waals surface area (Å²) in [6.07, 6.45) is 0. The lowest BCUT2D eigenvalue weighted by molar-refractivity contribution is 0.349. The van der Waals surface area contributed by atoms with Crippen molar-refractivity contribution < 1.29 is 4.74 Å². The molecule has 1 aromatic rings. The first-order chi connectivity index (χ1) is 9.72. The van der Waals surface area contributed by atoms with Gasteiger partial charge in [-0.15, -0.1) is 0 Å². The highest BCUT2D eigenvalue weighted by Crippen LogP contribution is 2.18.